The van der Waals surface area contributed by atoms with Gasteiger partial charge < -0.3 is 19.9 Å². The average Bonchev–Trinajstić information content (AvgIpc) is 3.12. The topological polar surface area (TPSA) is 118 Å². The number of halogens is 1. The van der Waals surface area contributed by atoms with E-state index in [4.69, 9.17) is 14.6 Å². The van der Waals surface area contributed by atoms with Crippen molar-refractivity contribution in [1.29, 1.82) is 0 Å². The van der Waals surface area contributed by atoms with Crippen LogP contribution in [0.15, 0.2) is 24.3 Å². The molecule has 0 fully saturated rings. The first kappa shape index (κ1) is 24.4. The fraction of sp³-hybridized carbons (Fsp3) is 0.440. The van der Waals surface area contributed by atoms with Gasteiger partial charge in [-0.05, 0) is 47.6 Å². The molecule has 2 heterocycles. The van der Waals surface area contributed by atoms with Gasteiger partial charge in [-0.25, -0.2) is 14.2 Å². The molecular weight excluding hydrogens is 457 g/mol. The van der Waals surface area contributed by atoms with Crippen LogP contribution in [0.25, 0.3) is 0 Å². The third-order valence-electron chi connectivity index (χ3n) is 6.55. The SMILES string of the molecule is COc1ccc2c(n1)CCN(C(=O)OCCC(=O)O)[C@H]2C(=O)Nc1cc(F)c2c(c1)CCC2(C)C. The van der Waals surface area contributed by atoms with Crippen LogP contribution < -0.4 is 10.1 Å². The van der Waals surface area contributed by atoms with Crippen molar-refractivity contribution >= 4 is 23.7 Å². The number of hydrogen-bond donors (Lipinski definition) is 2. The van der Waals surface area contributed by atoms with E-state index >= 15 is 0 Å². The normalized spacial score (nSPS) is 17.8. The molecule has 2 N–H and O–H groups in total. The van der Waals surface area contributed by atoms with E-state index in [1.165, 1.54) is 18.1 Å². The summed E-state index contributed by atoms with van der Waals surface area (Å²) in [6.45, 7) is 3.80. The number of nitrogens with zero attached hydrogens (tertiary/aromatic N) is 2. The molecule has 1 aliphatic heterocycles. The van der Waals surface area contributed by atoms with Gasteiger partial charge >= 0.3 is 12.1 Å². The van der Waals surface area contributed by atoms with Crippen LogP contribution in [0.4, 0.5) is 14.9 Å². The van der Waals surface area contributed by atoms with Crippen LogP contribution in [0.2, 0.25) is 0 Å². The third-order valence-corrected chi connectivity index (χ3v) is 6.55. The number of ether oxygens (including phenoxy) is 2. The number of anilines is 1. The average molecular weight is 486 g/mol. The molecular formula is C25H28FN3O6. The lowest BCUT2D eigenvalue weighted by Gasteiger charge is -2.35. The van der Waals surface area contributed by atoms with Crippen molar-refractivity contribution in [1.82, 2.24) is 9.88 Å². The van der Waals surface area contributed by atoms with Crippen LogP contribution in [0.1, 0.15) is 55.1 Å². The molecule has 10 heteroatoms. The number of carboxylic acids is 1. The molecule has 2 aliphatic rings. The van der Waals surface area contributed by atoms with Gasteiger partial charge in [-0.2, -0.15) is 0 Å². The van der Waals surface area contributed by atoms with Crippen LogP contribution in [0.3, 0.4) is 0 Å². The summed E-state index contributed by atoms with van der Waals surface area (Å²) in [5, 5.41) is 11.6. The van der Waals surface area contributed by atoms with E-state index in [0.29, 0.717) is 41.2 Å². The predicted octanol–water partition coefficient (Wildman–Crippen LogP) is 3.60. The molecule has 0 saturated carbocycles. The number of aromatic nitrogens is 1. The second-order valence-corrected chi connectivity index (χ2v) is 9.36. The lowest BCUT2D eigenvalue weighted by atomic mass is 9.86. The quantitative estimate of drug-likeness (QED) is 0.642. The molecule has 1 aromatic carbocycles. The van der Waals surface area contributed by atoms with Crippen molar-refractivity contribution in [2.45, 2.75) is 51.0 Å². The van der Waals surface area contributed by atoms with Crippen molar-refractivity contribution in [2.24, 2.45) is 0 Å². The Morgan fingerprint density at radius 3 is 2.74 bits per heavy atom. The number of aryl methyl sites for hydroxylation is 1. The number of hydrogen-bond acceptors (Lipinski definition) is 6. The van der Waals surface area contributed by atoms with Crippen molar-refractivity contribution in [3.05, 3.63) is 52.5 Å². The zero-order valence-corrected chi connectivity index (χ0v) is 19.9. The largest absolute Gasteiger partial charge is 0.481 e. The number of nitrogens with one attached hydrogen (secondary N) is 1. The Balaban J connectivity index is 1.63. The smallest absolute Gasteiger partial charge is 0.410 e. The van der Waals surface area contributed by atoms with Crippen LogP contribution in [0, 0.1) is 5.82 Å². The number of methoxy groups -OCH3 is 1. The molecule has 0 bridgehead atoms. The minimum Gasteiger partial charge on any atom is -0.481 e. The second-order valence-electron chi connectivity index (χ2n) is 9.36. The van der Waals surface area contributed by atoms with E-state index in [9.17, 15) is 18.8 Å². The molecule has 2 amide bonds. The standard InChI is InChI=1S/C25H28FN3O6/c1-25(2)9-6-14-12-15(13-17(26)21(14)25)27-23(32)22-16-4-5-19(34-3)28-18(16)7-10-29(22)24(33)35-11-8-20(30)31/h4-5,12-13,22H,6-11H2,1-3H3,(H,27,32)(H,30,31)/t22-/m1/s1. The van der Waals surface area contributed by atoms with Crippen molar-refractivity contribution in [2.75, 3.05) is 25.6 Å². The minimum absolute atomic E-state index is 0.129. The van der Waals surface area contributed by atoms with Gasteiger partial charge in [0, 0.05) is 30.3 Å². The Hall–Kier alpha value is -3.69. The summed E-state index contributed by atoms with van der Waals surface area (Å²) >= 11 is 0. The lowest BCUT2D eigenvalue weighted by Crippen LogP contribution is -2.46. The summed E-state index contributed by atoms with van der Waals surface area (Å²) < 4.78 is 25.3. The minimum atomic E-state index is -1.10. The first-order chi connectivity index (χ1) is 16.6. The molecule has 1 atom stereocenters. The van der Waals surface area contributed by atoms with E-state index in [-0.39, 0.29) is 30.8 Å². The summed E-state index contributed by atoms with van der Waals surface area (Å²) in [4.78, 5) is 42.7. The molecule has 1 aromatic heterocycles. The van der Waals surface area contributed by atoms with Gasteiger partial charge in [-0.1, -0.05) is 13.8 Å². The van der Waals surface area contributed by atoms with Crippen molar-refractivity contribution in [3.8, 4) is 5.88 Å². The van der Waals surface area contributed by atoms with Gasteiger partial charge in [0.2, 0.25) is 5.88 Å². The molecule has 0 spiro atoms. The van der Waals surface area contributed by atoms with E-state index in [2.05, 4.69) is 10.3 Å². The van der Waals surface area contributed by atoms with Gasteiger partial charge in [0.1, 0.15) is 18.5 Å². The number of carbonyl (C=O) groups excluding carboxylic acids is 2. The van der Waals surface area contributed by atoms with E-state index in [0.717, 1.165) is 12.0 Å². The number of fused-ring (bicyclic) bond motifs is 2. The van der Waals surface area contributed by atoms with Crippen molar-refractivity contribution in [3.63, 3.8) is 0 Å². The maximum atomic E-state index is 15.0. The summed E-state index contributed by atoms with van der Waals surface area (Å²) in [6, 6.07) is 5.23. The summed E-state index contributed by atoms with van der Waals surface area (Å²) in [7, 11) is 1.48. The number of carboxylic acid groups (broad SMARTS) is 1. The van der Waals surface area contributed by atoms with Crippen LogP contribution in [-0.4, -0.2) is 53.2 Å². The highest BCUT2D eigenvalue weighted by Crippen LogP contribution is 2.41. The Morgan fingerprint density at radius 1 is 1.26 bits per heavy atom. The highest BCUT2D eigenvalue weighted by atomic mass is 19.1. The lowest BCUT2D eigenvalue weighted by molar-refractivity contribution is -0.138. The van der Waals surface area contributed by atoms with Gasteiger partial charge in [-0.3, -0.25) is 14.5 Å². The number of pyridine rings is 1. The Labute approximate surface area is 202 Å². The van der Waals surface area contributed by atoms with Crippen LogP contribution in [0.5, 0.6) is 5.88 Å². The molecule has 0 radical (unpaired) electrons. The Morgan fingerprint density at radius 2 is 2.03 bits per heavy atom. The number of aliphatic carboxylic acids is 1. The summed E-state index contributed by atoms with van der Waals surface area (Å²) in [5.41, 5.74) is 2.64. The third kappa shape index (κ3) is 4.91. The number of amides is 2. The Bertz CT molecular complexity index is 1180. The molecule has 186 valence electrons. The molecule has 0 saturated heterocycles. The fourth-order valence-corrected chi connectivity index (χ4v) is 4.84. The first-order valence-electron chi connectivity index (χ1n) is 11.4. The van der Waals surface area contributed by atoms with E-state index < -0.39 is 24.0 Å². The van der Waals surface area contributed by atoms with Crippen LogP contribution in [-0.2, 0) is 32.6 Å². The summed E-state index contributed by atoms with van der Waals surface area (Å²) in [5.74, 6) is -1.65. The Kier molecular flexibility index (Phi) is 6.64. The highest BCUT2D eigenvalue weighted by molar-refractivity contribution is 5.98. The van der Waals surface area contributed by atoms with E-state index in [1.807, 2.05) is 13.8 Å². The zero-order valence-electron chi connectivity index (χ0n) is 19.9. The number of benzene rings is 1. The van der Waals surface area contributed by atoms with Crippen molar-refractivity contribution < 1.29 is 33.4 Å². The van der Waals surface area contributed by atoms with Gasteiger partial charge in [0.15, 0.2) is 0 Å². The zero-order chi connectivity index (χ0) is 25.3. The van der Waals surface area contributed by atoms with E-state index in [1.54, 1.807) is 18.2 Å². The predicted molar refractivity (Wildman–Crippen MR) is 124 cm³/mol. The summed E-state index contributed by atoms with van der Waals surface area (Å²) in [6.07, 6.45) is 0.718. The molecule has 0 unspecified atom stereocenters. The molecule has 1 aliphatic carbocycles. The fourth-order valence-electron chi connectivity index (χ4n) is 4.84. The second kappa shape index (κ2) is 9.52. The van der Waals surface area contributed by atoms with Gasteiger partial charge in [0.05, 0.1) is 19.2 Å². The first-order valence-corrected chi connectivity index (χ1v) is 11.4. The molecule has 2 aromatic rings. The number of rotatable bonds is 6. The van der Waals surface area contributed by atoms with Gasteiger partial charge in [-0.15, -0.1) is 0 Å². The maximum Gasteiger partial charge on any atom is 0.410 e. The number of carbonyl (C=O) groups is 3. The monoisotopic (exact) mass is 485 g/mol. The molecule has 9 nitrogen and oxygen atoms in total. The maximum absolute atomic E-state index is 15.0. The molecule has 4 rings (SSSR count). The van der Waals surface area contributed by atoms with Crippen LogP contribution >= 0.6 is 0 Å². The van der Waals surface area contributed by atoms with Gasteiger partial charge in [0.25, 0.3) is 5.91 Å². The highest BCUT2D eigenvalue weighted by Gasteiger charge is 2.39. The molecule has 35 heavy (non-hydrogen) atoms.